The first-order valence-corrected chi connectivity index (χ1v) is 11.3. The number of hydrogen-bond acceptors (Lipinski definition) is 3. The van der Waals surface area contributed by atoms with Gasteiger partial charge in [-0.15, -0.1) is 0 Å². The third-order valence-electron chi connectivity index (χ3n) is 4.36. The third-order valence-corrected chi connectivity index (χ3v) is 5.67. The highest BCUT2D eigenvalue weighted by atomic mass is 32.2. The fourth-order valence-corrected chi connectivity index (χ4v) is 3.49. The van der Waals surface area contributed by atoms with Crippen LogP contribution in [0.15, 0.2) is 53.5 Å². The molecule has 0 aliphatic rings. The van der Waals surface area contributed by atoms with E-state index in [0.29, 0.717) is 18.1 Å². The molecule has 158 valence electrons. The molecule has 0 bridgehead atoms. The Morgan fingerprint density at radius 1 is 1.17 bits per heavy atom. The topological polar surface area (TPSA) is 82.6 Å². The average molecular weight is 421 g/mol. The third kappa shape index (κ3) is 7.83. The van der Waals surface area contributed by atoms with Crippen molar-refractivity contribution in [1.29, 1.82) is 0 Å². The Balaban J connectivity index is 1.92. The van der Waals surface area contributed by atoms with Crippen LogP contribution in [0.4, 0.5) is 4.39 Å². The number of guanidine groups is 1. The van der Waals surface area contributed by atoms with Gasteiger partial charge >= 0.3 is 0 Å². The second kappa shape index (κ2) is 10.9. The predicted molar refractivity (Wildman–Crippen MR) is 116 cm³/mol. The summed E-state index contributed by atoms with van der Waals surface area (Å²) in [6.45, 7) is 6.52. The van der Waals surface area contributed by atoms with E-state index in [9.17, 15) is 12.8 Å². The molecule has 0 aliphatic carbocycles. The summed E-state index contributed by atoms with van der Waals surface area (Å²) in [5.74, 6) is 0.108. The summed E-state index contributed by atoms with van der Waals surface area (Å²) in [7, 11) is -3.44. The van der Waals surface area contributed by atoms with Crippen molar-refractivity contribution in [2.75, 3.05) is 18.8 Å². The first-order chi connectivity index (χ1) is 13.8. The van der Waals surface area contributed by atoms with E-state index in [1.807, 2.05) is 50.2 Å². The number of hydrogen-bond donors (Lipinski definition) is 3. The van der Waals surface area contributed by atoms with Crippen molar-refractivity contribution < 1.29 is 12.8 Å². The highest BCUT2D eigenvalue weighted by molar-refractivity contribution is 7.89. The standard InChI is InChI=1S/C21H29FN4O2S/c1-4-23-21(26-17(3)19-11-10-16(2)20(22)14-19)24-12-13-29(27,28)25-15-18-8-6-5-7-9-18/h5-11,14,17,25H,4,12-13,15H2,1-3H3,(H2,23,24,26). The van der Waals surface area contributed by atoms with Crippen LogP contribution in [0, 0.1) is 12.7 Å². The number of aliphatic imine (C=N–C) groups is 1. The summed E-state index contributed by atoms with van der Waals surface area (Å²) in [6, 6.07) is 14.2. The highest BCUT2D eigenvalue weighted by Crippen LogP contribution is 2.16. The van der Waals surface area contributed by atoms with Crippen LogP contribution in [0.2, 0.25) is 0 Å². The zero-order valence-corrected chi connectivity index (χ0v) is 17.9. The molecule has 0 aliphatic heterocycles. The van der Waals surface area contributed by atoms with E-state index in [1.165, 1.54) is 6.07 Å². The van der Waals surface area contributed by atoms with E-state index in [1.54, 1.807) is 13.0 Å². The van der Waals surface area contributed by atoms with Crippen molar-refractivity contribution in [2.24, 2.45) is 4.99 Å². The number of halogens is 1. The summed E-state index contributed by atoms with van der Waals surface area (Å²) >= 11 is 0. The molecular weight excluding hydrogens is 391 g/mol. The molecule has 0 fully saturated rings. The number of nitrogens with one attached hydrogen (secondary N) is 3. The van der Waals surface area contributed by atoms with Crippen LogP contribution in [0.5, 0.6) is 0 Å². The molecule has 8 heteroatoms. The van der Waals surface area contributed by atoms with E-state index >= 15 is 0 Å². The molecular formula is C21H29FN4O2S. The second-order valence-electron chi connectivity index (χ2n) is 6.76. The van der Waals surface area contributed by atoms with Crippen molar-refractivity contribution >= 4 is 16.0 Å². The molecule has 0 spiro atoms. The zero-order chi connectivity index (χ0) is 21.3. The normalized spacial score (nSPS) is 13.2. The second-order valence-corrected chi connectivity index (χ2v) is 8.69. The fourth-order valence-electron chi connectivity index (χ4n) is 2.63. The van der Waals surface area contributed by atoms with E-state index in [0.717, 1.165) is 11.1 Å². The molecule has 0 radical (unpaired) electrons. The Bertz CT molecular complexity index is 918. The van der Waals surface area contributed by atoms with Gasteiger partial charge in [0.15, 0.2) is 5.96 Å². The Hall–Kier alpha value is -2.45. The van der Waals surface area contributed by atoms with Crippen molar-refractivity contribution in [2.45, 2.75) is 33.4 Å². The molecule has 0 amide bonds. The zero-order valence-electron chi connectivity index (χ0n) is 17.1. The van der Waals surface area contributed by atoms with Gasteiger partial charge in [-0.2, -0.15) is 0 Å². The summed E-state index contributed by atoms with van der Waals surface area (Å²) in [5, 5.41) is 6.27. The van der Waals surface area contributed by atoms with Gasteiger partial charge < -0.3 is 10.6 Å². The maximum Gasteiger partial charge on any atom is 0.213 e. The smallest absolute Gasteiger partial charge is 0.213 e. The minimum absolute atomic E-state index is 0.106. The Morgan fingerprint density at radius 3 is 2.55 bits per heavy atom. The van der Waals surface area contributed by atoms with E-state index in [4.69, 9.17) is 0 Å². The SMILES string of the molecule is CCNC(=NCCS(=O)(=O)NCc1ccccc1)NC(C)c1ccc(C)c(F)c1. The summed E-state index contributed by atoms with van der Waals surface area (Å²) in [4.78, 5) is 4.34. The lowest BCUT2D eigenvalue weighted by molar-refractivity contribution is 0.581. The first kappa shape index (κ1) is 22.8. The first-order valence-electron chi connectivity index (χ1n) is 9.63. The molecule has 2 aromatic carbocycles. The van der Waals surface area contributed by atoms with Crippen LogP contribution in [0.25, 0.3) is 0 Å². The van der Waals surface area contributed by atoms with Gasteiger partial charge in [-0.25, -0.2) is 17.5 Å². The van der Waals surface area contributed by atoms with Crippen molar-refractivity contribution in [3.63, 3.8) is 0 Å². The van der Waals surface area contributed by atoms with Gasteiger partial charge in [0.2, 0.25) is 10.0 Å². The van der Waals surface area contributed by atoms with Crippen molar-refractivity contribution in [3.05, 3.63) is 71.0 Å². The van der Waals surface area contributed by atoms with Crippen LogP contribution >= 0.6 is 0 Å². The van der Waals surface area contributed by atoms with Crippen molar-refractivity contribution in [3.8, 4) is 0 Å². The van der Waals surface area contributed by atoms with Gasteiger partial charge in [0, 0.05) is 13.1 Å². The molecule has 0 heterocycles. The Morgan fingerprint density at radius 2 is 1.90 bits per heavy atom. The largest absolute Gasteiger partial charge is 0.357 e. The van der Waals surface area contributed by atoms with E-state index < -0.39 is 10.0 Å². The maximum atomic E-state index is 13.8. The lowest BCUT2D eigenvalue weighted by Gasteiger charge is -2.18. The molecule has 6 nitrogen and oxygen atoms in total. The van der Waals surface area contributed by atoms with Gasteiger partial charge in [0.25, 0.3) is 0 Å². The number of aryl methyl sites for hydroxylation is 1. The van der Waals surface area contributed by atoms with Crippen LogP contribution in [0.3, 0.4) is 0 Å². The molecule has 29 heavy (non-hydrogen) atoms. The van der Waals surface area contributed by atoms with Gasteiger partial charge in [-0.05, 0) is 43.5 Å². The van der Waals surface area contributed by atoms with Gasteiger partial charge in [-0.3, -0.25) is 4.99 Å². The lowest BCUT2D eigenvalue weighted by atomic mass is 10.1. The van der Waals surface area contributed by atoms with Gasteiger partial charge in [-0.1, -0.05) is 42.5 Å². The number of nitrogens with zero attached hydrogens (tertiary/aromatic N) is 1. The van der Waals surface area contributed by atoms with E-state index in [2.05, 4.69) is 20.3 Å². The highest BCUT2D eigenvalue weighted by Gasteiger charge is 2.12. The van der Waals surface area contributed by atoms with Crippen molar-refractivity contribution in [1.82, 2.24) is 15.4 Å². The summed E-state index contributed by atoms with van der Waals surface area (Å²) in [6.07, 6.45) is 0. The minimum Gasteiger partial charge on any atom is -0.357 e. The number of sulfonamides is 1. The monoisotopic (exact) mass is 420 g/mol. The Labute approximate surface area is 172 Å². The maximum absolute atomic E-state index is 13.8. The number of benzene rings is 2. The molecule has 2 rings (SSSR count). The van der Waals surface area contributed by atoms with E-state index in [-0.39, 0.29) is 30.7 Å². The molecule has 0 saturated heterocycles. The quantitative estimate of drug-likeness (QED) is 0.430. The fraction of sp³-hybridized carbons (Fsp3) is 0.381. The van der Waals surface area contributed by atoms with Crippen LogP contribution in [-0.4, -0.2) is 33.2 Å². The molecule has 1 unspecified atom stereocenters. The van der Waals surface area contributed by atoms with Crippen LogP contribution < -0.4 is 15.4 Å². The summed E-state index contributed by atoms with van der Waals surface area (Å²) in [5.41, 5.74) is 2.28. The minimum atomic E-state index is -3.44. The summed E-state index contributed by atoms with van der Waals surface area (Å²) < 4.78 is 40.8. The Kier molecular flexibility index (Phi) is 8.60. The average Bonchev–Trinajstić information content (AvgIpc) is 2.69. The predicted octanol–water partition coefficient (Wildman–Crippen LogP) is 2.87. The lowest BCUT2D eigenvalue weighted by Crippen LogP contribution is -2.39. The molecule has 0 saturated carbocycles. The number of rotatable bonds is 9. The van der Waals surface area contributed by atoms with Crippen LogP contribution in [-0.2, 0) is 16.6 Å². The molecule has 2 aromatic rings. The van der Waals surface area contributed by atoms with Gasteiger partial charge in [0.1, 0.15) is 5.82 Å². The van der Waals surface area contributed by atoms with Gasteiger partial charge in [0.05, 0.1) is 18.3 Å². The molecule has 0 aromatic heterocycles. The molecule has 3 N–H and O–H groups in total. The molecule has 1 atom stereocenters. The van der Waals surface area contributed by atoms with Crippen LogP contribution in [0.1, 0.15) is 36.6 Å².